The summed E-state index contributed by atoms with van der Waals surface area (Å²) in [6.07, 6.45) is 5.30. The Morgan fingerprint density at radius 2 is 1.94 bits per heavy atom. The molecule has 2 aromatic rings. The van der Waals surface area contributed by atoms with Crippen LogP contribution in [0.2, 0.25) is 0 Å². The molecule has 1 aromatic heterocycles. The normalized spacial score (nSPS) is 11.5. The Morgan fingerprint density at radius 3 is 2.59 bits per heavy atom. The third-order valence-corrected chi connectivity index (χ3v) is 2.48. The first-order valence-electron chi connectivity index (χ1n) is 5.46. The smallest absolute Gasteiger partial charge is 0.152 e. The zero-order valence-corrected chi connectivity index (χ0v) is 9.92. The van der Waals surface area contributed by atoms with Gasteiger partial charge in [-0.15, -0.1) is 0 Å². The standard InChI is InChI=1S/C14H14N2O/c1-11(8-12(2)17)13-9-15-16(10-13)14-6-4-3-5-7-14/h3-10H,1-2H3/b11-8-. The highest BCUT2D eigenvalue weighted by molar-refractivity contribution is 5.94. The molecule has 17 heavy (non-hydrogen) atoms. The maximum absolute atomic E-state index is 11.0. The first kappa shape index (κ1) is 11.3. The summed E-state index contributed by atoms with van der Waals surface area (Å²) in [4.78, 5) is 11.0. The van der Waals surface area contributed by atoms with E-state index >= 15 is 0 Å². The molecule has 1 aromatic carbocycles. The quantitative estimate of drug-likeness (QED) is 0.754. The zero-order chi connectivity index (χ0) is 12.3. The second-order valence-electron chi connectivity index (χ2n) is 3.95. The molecule has 0 aliphatic heterocycles. The number of rotatable bonds is 3. The van der Waals surface area contributed by atoms with Crippen molar-refractivity contribution in [3.05, 3.63) is 54.4 Å². The largest absolute Gasteiger partial charge is 0.295 e. The van der Waals surface area contributed by atoms with Crippen LogP contribution in [0.4, 0.5) is 0 Å². The third kappa shape index (κ3) is 2.69. The molecule has 0 unspecified atom stereocenters. The van der Waals surface area contributed by atoms with Crippen LogP contribution in [0.1, 0.15) is 19.4 Å². The minimum absolute atomic E-state index is 0.0509. The van der Waals surface area contributed by atoms with E-state index in [-0.39, 0.29) is 5.78 Å². The van der Waals surface area contributed by atoms with Crippen molar-refractivity contribution in [2.75, 3.05) is 0 Å². The molecular weight excluding hydrogens is 212 g/mol. The Hall–Kier alpha value is -2.16. The van der Waals surface area contributed by atoms with Gasteiger partial charge in [0, 0.05) is 11.8 Å². The van der Waals surface area contributed by atoms with E-state index in [1.807, 2.05) is 43.5 Å². The van der Waals surface area contributed by atoms with Crippen LogP contribution in [0.3, 0.4) is 0 Å². The minimum Gasteiger partial charge on any atom is -0.295 e. The molecule has 2 rings (SSSR count). The molecule has 0 aliphatic carbocycles. The molecule has 3 heteroatoms. The Bertz CT molecular complexity index is 553. The average Bonchev–Trinajstić information content (AvgIpc) is 2.78. The zero-order valence-electron chi connectivity index (χ0n) is 9.92. The number of aromatic nitrogens is 2. The van der Waals surface area contributed by atoms with Crippen molar-refractivity contribution in [3.8, 4) is 5.69 Å². The second kappa shape index (κ2) is 4.78. The predicted octanol–water partition coefficient (Wildman–Crippen LogP) is 2.86. The van der Waals surface area contributed by atoms with Crippen LogP contribution in [0.25, 0.3) is 11.3 Å². The fourth-order valence-electron chi connectivity index (χ4n) is 1.64. The van der Waals surface area contributed by atoms with E-state index in [0.717, 1.165) is 16.8 Å². The minimum atomic E-state index is 0.0509. The first-order valence-corrected chi connectivity index (χ1v) is 5.46. The third-order valence-electron chi connectivity index (χ3n) is 2.48. The van der Waals surface area contributed by atoms with Crippen LogP contribution in [0.15, 0.2) is 48.8 Å². The van der Waals surface area contributed by atoms with Gasteiger partial charge in [0.25, 0.3) is 0 Å². The van der Waals surface area contributed by atoms with E-state index in [9.17, 15) is 4.79 Å². The van der Waals surface area contributed by atoms with Gasteiger partial charge in [0.05, 0.1) is 11.9 Å². The van der Waals surface area contributed by atoms with Gasteiger partial charge in [0.1, 0.15) is 0 Å². The molecule has 0 bridgehead atoms. The van der Waals surface area contributed by atoms with E-state index in [1.165, 1.54) is 0 Å². The van der Waals surface area contributed by atoms with E-state index < -0.39 is 0 Å². The van der Waals surface area contributed by atoms with E-state index in [1.54, 1.807) is 23.9 Å². The van der Waals surface area contributed by atoms with Crippen molar-refractivity contribution in [3.63, 3.8) is 0 Å². The number of allylic oxidation sites excluding steroid dienone is 2. The highest BCUT2D eigenvalue weighted by atomic mass is 16.1. The number of carbonyl (C=O) groups excluding carboxylic acids is 1. The Labute approximate surface area is 100 Å². The van der Waals surface area contributed by atoms with Crippen molar-refractivity contribution in [1.82, 2.24) is 9.78 Å². The topological polar surface area (TPSA) is 34.9 Å². The van der Waals surface area contributed by atoms with Gasteiger partial charge in [-0.05, 0) is 37.6 Å². The second-order valence-corrected chi connectivity index (χ2v) is 3.95. The fraction of sp³-hybridized carbons (Fsp3) is 0.143. The fourth-order valence-corrected chi connectivity index (χ4v) is 1.64. The number of hydrogen-bond acceptors (Lipinski definition) is 2. The van der Waals surface area contributed by atoms with Gasteiger partial charge in [-0.3, -0.25) is 4.79 Å². The lowest BCUT2D eigenvalue weighted by Gasteiger charge is -1.99. The Morgan fingerprint density at radius 1 is 1.24 bits per heavy atom. The summed E-state index contributed by atoms with van der Waals surface area (Å²) in [5.41, 5.74) is 2.90. The lowest BCUT2D eigenvalue weighted by atomic mass is 10.1. The van der Waals surface area contributed by atoms with E-state index in [2.05, 4.69) is 5.10 Å². The maximum Gasteiger partial charge on any atom is 0.152 e. The van der Waals surface area contributed by atoms with Crippen molar-refractivity contribution in [2.45, 2.75) is 13.8 Å². The molecule has 0 saturated carbocycles. The Balaban J connectivity index is 2.31. The van der Waals surface area contributed by atoms with Crippen molar-refractivity contribution >= 4 is 11.4 Å². The van der Waals surface area contributed by atoms with Gasteiger partial charge in [0.2, 0.25) is 0 Å². The SMILES string of the molecule is CC(=O)/C=C(/C)c1cnn(-c2ccccc2)c1. The van der Waals surface area contributed by atoms with E-state index in [0.29, 0.717) is 0 Å². The molecule has 1 heterocycles. The molecule has 0 N–H and O–H groups in total. The number of nitrogens with zero attached hydrogens (tertiary/aromatic N) is 2. The monoisotopic (exact) mass is 226 g/mol. The Kier molecular flexibility index (Phi) is 3.19. The van der Waals surface area contributed by atoms with Crippen LogP contribution in [-0.2, 0) is 4.79 Å². The summed E-state index contributed by atoms with van der Waals surface area (Å²) >= 11 is 0. The lowest BCUT2D eigenvalue weighted by molar-refractivity contribution is -0.112. The van der Waals surface area contributed by atoms with Gasteiger partial charge < -0.3 is 0 Å². The molecule has 86 valence electrons. The summed E-state index contributed by atoms with van der Waals surface area (Å²) in [6, 6.07) is 9.88. The van der Waals surface area contributed by atoms with Gasteiger partial charge in [-0.1, -0.05) is 18.2 Å². The maximum atomic E-state index is 11.0. The van der Waals surface area contributed by atoms with E-state index in [4.69, 9.17) is 0 Å². The predicted molar refractivity (Wildman–Crippen MR) is 67.9 cm³/mol. The van der Waals surface area contributed by atoms with Crippen LogP contribution in [-0.4, -0.2) is 15.6 Å². The van der Waals surface area contributed by atoms with Crippen LogP contribution >= 0.6 is 0 Å². The van der Waals surface area contributed by atoms with Gasteiger partial charge in [0.15, 0.2) is 5.78 Å². The summed E-state index contributed by atoms with van der Waals surface area (Å²) in [7, 11) is 0. The molecule has 0 aliphatic rings. The summed E-state index contributed by atoms with van der Waals surface area (Å²) in [5.74, 6) is 0.0509. The van der Waals surface area contributed by atoms with Gasteiger partial charge in [-0.25, -0.2) is 4.68 Å². The highest BCUT2D eigenvalue weighted by Crippen LogP contribution is 2.15. The molecule has 0 atom stereocenters. The van der Waals surface area contributed by atoms with Gasteiger partial charge in [-0.2, -0.15) is 5.10 Å². The molecule has 0 amide bonds. The number of carbonyl (C=O) groups is 1. The molecule has 3 nitrogen and oxygen atoms in total. The van der Waals surface area contributed by atoms with Crippen LogP contribution in [0, 0.1) is 0 Å². The first-order chi connectivity index (χ1) is 8.16. The molecule has 0 fully saturated rings. The number of para-hydroxylation sites is 1. The van der Waals surface area contributed by atoms with Crippen LogP contribution < -0.4 is 0 Å². The van der Waals surface area contributed by atoms with Crippen molar-refractivity contribution in [2.24, 2.45) is 0 Å². The molecular formula is C14H14N2O. The molecule has 0 spiro atoms. The summed E-state index contributed by atoms with van der Waals surface area (Å²) in [5, 5.41) is 4.28. The number of benzene rings is 1. The molecule has 0 saturated heterocycles. The summed E-state index contributed by atoms with van der Waals surface area (Å²) in [6.45, 7) is 3.46. The van der Waals surface area contributed by atoms with Gasteiger partial charge >= 0.3 is 0 Å². The number of ketones is 1. The lowest BCUT2D eigenvalue weighted by Crippen LogP contribution is -1.92. The highest BCUT2D eigenvalue weighted by Gasteiger charge is 2.02. The number of hydrogen-bond donors (Lipinski definition) is 0. The van der Waals surface area contributed by atoms with Crippen molar-refractivity contribution in [1.29, 1.82) is 0 Å². The average molecular weight is 226 g/mol. The molecule has 0 radical (unpaired) electrons. The summed E-state index contributed by atoms with van der Waals surface area (Å²) < 4.78 is 1.80. The van der Waals surface area contributed by atoms with Crippen molar-refractivity contribution < 1.29 is 4.79 Å². The van der Waals surface area contributed by atoms with Crippen LogP contribution in [0.5, 0.6) is 0 Å².